The van der Waals surface area contributed by atoms with Gasteiger partial charge in [0.2, 0.25) is 0 Å². The minimum atomic E-state index is 0.622. The van der Waals surface area contributed by atoms with Crippen LogP contribution in [0.2, 0.25) is 5.02 Å². The minimum Gasteiger partial charge on any atom is -0.397 e. The van der Waals surface area contributed by atoms with Gasteiger partial charge >= 0.3 is 0 Å². The second-order valence-electron chi connectivity index (χ2n) is 2.46. The number of nitrogens with zero attached hydrogens (tertiary/aromatic N) is 2. The number of hydrogen-bond donors (Lipinski definition) is 1. The number of anilines is 1. The average Bonchev–Trinajstić information content (AvgIpc) is 2.04. The van der Waals surface area contributed by atoms with Crippen LogP contribution >= 0.6 is 11.6 Å². The average molecular weight is 180 g/mol. The number of benzene rings is 1. The van der Waals surface area contributed by atoms with E-state index in [2.05, 4.69) is 10.2 Å². The highest BCUT2D eigenvalue weighted by Gasteiger charge is 1.98. The Morgan fingerprint density at radius 3 is 3.00 bits per heavy atom. The number of aromatic nitrogens is 2. The molecule has 0 saturated carbocycles. The predicted octanol–water partition coefficient (Wildman–Crippen LogP) is 1.87. The van der Waals surface area contributed by atoms with E-state index in [1.54, 1.807) is 12.1 Å². The molecule has 2 rings (SSSR count). The SMILES string of the molecule is Nc1cnnc2cc(Cl)ccc12. The molecule has 0 radical (unpaired) electrons. The Morgan fingerprint density at radius 1 is 1.33 bits per heavy atom. The molecule has 60 valence electrons. The second-order valence-corrected chi connectivity index (χ2v) is 2.90. The lowest BCUT2D eigenvalue weighted by Crippen LogP contribution is -1.91. The molecule has 4 heteroatoms. The molecular formula is C8H6ClN3. The van der Waals surface area contributed by atoms with Gasteiger partial charge < -0.3 is 5.73 Å². The van der Waals surface area contributed by atoms with Gasteiger partial charge in [-0.25, -0.2) is 0 Å². The summed E-state index contributed by atoms with van der Waals surface area (Å²) in [5.41, 5.74) is 7.01. The van der Waals surface area contributed by atoms with Gasteiger partial charge in [-0.1, -0.05) is 11.6 Å². The van der Waals surface area contributed by atoms with E-state index >= 15 is 0 Å². The molecule has 0 fully saturated rings. The lowest BCUT2D eigenvalue weighted by atomic mass is 10.2. The molecule has 0 aliphatic heterocycles. The standard InChI is InChI=1S/C8H6ClN3/c9-5-1-2-6-7(10)4-11-12-8(6)3-5/h1-4H,(H2,10,12). The second kappa shape index (κ2) is 2.60. The van der Waals surface area contributed by atoms with Crippen LogP contribution in [0.25, 0.3) is 10.9 Å². The van der Waals surface area contributed by atoms with Crippen molar-refractivity contribution in [2.45, 2.75) is 0 Å². The lowest BCUT2D eigenvalue weighted by molar-refractivity contribution is 1.08. The summed E-state index contributed by atoms with van der Waals surface area (Å²) < 4.78 is 0. The molecule has 1 aromatic carbocycles. The molecule has 0 aliphatic rings. The number of fused-ring (bicyclic) bond motifs is 1. The normalized spacial score (nSPS) is 10.4. The molecule has 0 spiro atoms. The topological polar surface area (TPSA) is 51.8 Å². The van der Waals surface area contributed by atoms with Gasteiger partial charge in [-0.05, 0) is 18.2 Å². The number of halogens is 1. The van der Waals surface area contributed by atoms with Gasteiger partial charge in [0.05, 0.1) is 17.4 Å². The molecule has 1 heterocycles. The zero-order valence-corrected chi connectivity index (χ0v) is 6.92. The first-order valence-electron chi connectivity index (χ1n) is 3.44. The Balaban J connectivity index is 2.86. The van der Waals surface area contributed by atoms with E-state index in [1.165, 1.54) is 6.20 Å². The first-order chi connectivity index (χ1) is 5.77. The van der Waals surface area contributed by atoms with E-state index in [0.717, 1.165) is 10.9 Å². The van der Waals surface area contributed by atoms with Gasteiger partial charge in [0.25, 0.3) is 0 Å². The molecule has 2 aromatic rings. The zero-order chi connectivity index (χ0) is 8.55. The highest BCUT2D eigenvalue weighted by Crippen LogP contribution is 2.20. The van der Waals surface area contributed by atoms with Gasteiger partial charge in [0.15, 0.2) is 0 Å². The monoisotopic (exact) mass is 179 g/mol. The third kappa shape index (κ3) is 1.08. The van der Waals surface area contributed by atoms with Crippen LogP contribution in [-0.4, -0.2) is 10.2 Å². The summed E-state index contributed by atoms with van der Waals surface area (Å²) in [5.74, 6) is 0. The van der Waals surface area contributed by atoms with Crippen molar-refractivity contribution in [2.75, 3.05) is 5.73 Å². The van der Waals surface area contributed by atoms with Gasteiger partial charge in [-0.15, -0.1) is 0 Å². The van der Waals surface area contributed by atoms with Crippen LogP contribution < -0.4 is 5.73 Å². The summed E-state index contributed by atoms with van der Waals surface area (Å²) in [7, 11) is 0. The zero-order valence-electron chi connectivity index (χ0n) is 6.16. The summed E-state index contributed by atoms with van der Waals surface area (Å²) in [4.78, 5) is 0. The predicted molar refractivity (Wildman–Crippen MR) is 49.0 cm³/mol. The minimum absolute atomic E-state index is 0.622. The van der Waals surface area contributed by atoms with Crippen LogP contribution in [0.4, 0.5) is 5.69 Å². The van der Waals surface area contributed by atoms with Crippen LogP contribution in [0.15, 0.2) is 24.4 Å². The maximum absolute atomic E-state index is 5.76. The number of nitrogen functional groups attached to an aromatic ring is 1. The highest BCUT2D eigenvalue weighted by atomic mass is 35.5. The van der Waals surface area contributed by atoms with E-state index in [4.69, 9.17) is 17.3 Å². The van der Waals surface area contributed by atoms with Crippen LogP contribution in [0, 0.1) is 0 Å². The quantitative estimate of drug-likeness (QED) is 0.672. The molecular weight excluding hydrogens is 174 g/mol. The van der Waals surface area contributed by atoms with Crippen molar-refractivity contribution in [3.05, 3.63) is 29.4 Å². The van der Waals surface area contributed by atoms with E-state index in [9.17, 15) is 0 Å². The summed E-state index contributed by atoms with van der Waals surface area (Å²) in [6.45, 7) is 0. The third-order valence-electron chi connectivity index (χ3n) is 1.63. The Bertz CT molecular complexity index is 428. The van der Waals surface area contributed by atoms with Crippen molar-refractivity contribution in [3.8, 4) is 0 Å². The number of nitrogens with two attached hydrogens (primary N) is 1. The molecule has 1 aromatic heterocycles. The molecule has 0 amide bonds. The fourth-order valence-electron chi connectivity index (χ4n) is 1.05. The van der Waals surface area contributed by atoms with Crippen LogP contribution in [-0.2, 0) is 0 Å². The molecule has 3 nitrogen and oxygen atoms in total. The van der Waals surface area contributed by atoms with Crippen molar-refractivity contribution in [1.29, 1.82) is 0 Å². The van der Waals surface area contributed by atoms with Crippen LogP contribution in [0.1, 0.15) is 0 Å². The first-order valence-corrected chi connectivity index (χ1v) is 3.81. The van der Waals surface area contributed by atoms with E-state index in [1.807, 2.05) is 6.07 Å². The smallest absolute Gasteiger partial charge is 0.0965 e. The van der Waals surface area contributed by atoms with E-state index in [0.29, 0.717) is 10.7 Å². The van der Waals surface area contributed by atoms with Crippen molar-refractivity contribution < 1.29 is 0 Å². The largest absolute Gasteiger partial charge is 0.397 e. The lowest BCUT2D eigenvalue weighted by Gasteiger charge is -1.98. The maximum Gasteiger partial charge on any atom is 0.0965 e. The fourth-order valence-corrected chi connectivity index (χ4v) is 1.22. The van der Waals surface area contributed by atoms with Gasteiger partial charge in [0, 0.05) is 10.4 Å². The Kier molecular flexibility index (Phi) is 1.59. The molecule has 0 aliphatic carbocycles. The maximum atomic E-state index is 5.76. The third-order valence-corrected chi connectivity index (χ3v) is 1.87. The number of hydrogen-bond acceptors (Lipinski definition) is 3. The number of rotatable bonds is 0. The molecule has 0 atom stereocenters. The molecule has 2 N–H and O–H groups in total. The Morgan fingerprint density at radius 2 is 2.17 bits per heavy atom. The first kappa shape index (κ1) is 7.31. The summed E-state index contributed by atoms with van der Waals surface area (Å²) >= 11 is 5.76. The van der Waals surface area contributed by atoms with E-state index in [-0.39, 0.29) is 0 Å². The molecule has 0 saturated heterocycles. The summed E-state index contributed by atoms with van der Waals surface area (Å²) in [6.07, 6.45) is 1.52. The van der Waals surface area contributed by atoms with Crippen LogP contribution in [0.3, 0.4) is 0 Å². The van der Waals surface area contributed by atoms with Crippen molar-refractivity contribution in [3.63, 3.8) is 0 Å². The molecule has 0 unspecified atom stereocenters. The van der Waals surface area contributed by atoms with Gasteiger partial charge in [-0.3, -0.25) is 0 Å². The van der Waals surface area contributed by atoms with Crippen molar-refractivity contribution in [2.24, 2.45) is 0 Å². The van der Waals surface area contributed by atoms with Crippen molar-refractivity contribution >= 4 is 28.2 Å². The fraction of sp³-hybridized carbons (Fsp3) is 0. The molecule has 12 heavy (non-hydrogen) atoms. The summed E-state index contributed by atoms with van der Waals surface area (Å²) in [6, 6.07) is 5.35. The van der Waals surface area contributed by atoms with Gasteiger partial charge in [-0.2, -0.15) is 10.2 Å². The Hall–Kier alpha value is -1.35. The van der Waals surface area contributed by atoms with E-state index < -0.39 is 0 Å². The highest BCUT2D eigenvalue weighted by molar-refractivity contribution is 6.31. The van der Waals surface area contributed by atoms with Gasteiger partial charge in [0.1, 0.15) is 0 Å². The molecule has 0 bridgehead atoms. The van der Waals surface area contributed by atoms with Crippen molar-refractivity contribution in [1.82, 2.24) is 10.2 Å². The summed E-state index contributed by atoms with van der Waals surface area (Å²) in [5, 5.41) is 9.13. The van der Waals surface area contributed by atoms with Crippen LogP contribution in [0.5, 0.6) is 0 Å². The Labute approximate surface area is 74.2 Å².